The fourth-order valence-corrected chi connectivity index (χ4v) is 1.98. The summed E-state index contributed by atoms with van der Waals surface area (Å²) < 4.78 is 5.34. The van der Waals surface area contributed by atoms with Crippen molar-refractivity contribution in [3.8, 4) is 0 Å². The van der Waals surface area contributed by atoms with Crippen LogP contribution in [0.15, 0.2) is 0 Å². The van der Waals surface area contributed by atoms with Crippen LogP contribution < -0.4 is 0 Å². The fraction of sp³-hybridized carbons (Fsp3) is 0.900. The van der Waals surface area contributed by atoms with E-state index >= 15 is 0 Å². The Morgan fingerprint density at radius 3 is 2.69 bits per heavy atom. The van der Waals surface area contributed by atoms with Gasteiger partial charge >= 0.3 is 5.97 Å². The lowest BCUT2D eigenvalue weighted by Crippen LogP contribution is -2.20. The van der Waals surface area contributed by atoms with E-state index in [1.54, 1.807) is 11.8 Å². The number of hydrogen-bond acceptors (Lipinski definition) is 3. The predicted octanol–water partition coefficient (Wildman–Crippen LogP) is 2.62. The summed E-state index contributed by atoms with van der Waals surface area (Å²) >= 11 is 1.69. The van der Waals surface area contributed by atoms with Crippen molar-refractivity contribution in [1.29, 1.82) is 0 Å². The highest BCUT2D eigenvalue weighted by Crippen LogP contribution is 2.20. The third-order valence-corrected chi connectivity index (χ3v) is 2.97. The van der Waals surface area contributed by atoms with Gasteiger partial charge < -0.3 is 4.74 Å². The number of carbonyl (C=O) groups excluding carboxylic acids is 1. The molecule has 2 nitrogen and oxygen atoms in total. The fourth-order valence-electron chi connectivity index (χ4n) is 1.61. The van der Waals surface area contributed by atoms with E-state index in [0.29, 0.717) is 6.42 Å². The normalized spacial score (nSPS) is 18.5. The lowest BCUT2D eigenvalue weighted by Gasteiger charge is -2.21. The number of carbonyl (C=O) groups is 1. The summed E-state index contributed by atoms with van der Waals surface area (Å²) in [6.07, 6.45) is 8.70. The number of esters is 1. The molecule has 0 amide bonds. The average Bonchev–Trinajstić information content (AvgIpc) is 2.16. The molecule has 1 rings (SSSR count). The summed E-state index contributed by atoms with van der Waals surface area (Å²) in [6, 6.07) is 0. The second kappa shape index (κ2) is 6.30. The SMILES string of the molecule is CSCCC(=O)OC1CCCCC1. The van der Waals surface area contributed by atoms with E-state index in [9.17, 15) is 4.79 Å². The van der Waals surface area contributed by atoms with Crippen LogP contribution >= 0.6 is 11.8 Å². The van der Waals surface area contributed by atoms with Gasteiger partial charge in [-0.05, 0) is 31.9 Å². The van der Waals surface area contributed by atoms with Crippen molar-refractivity contribution in [1.82, 2.24) is 0 Å². The van der Waals surface area contributed by atoms with Crippen LogP contribution in [0.2, 0.25) is 0 Å². The van der Waals surface area contributed by atoms with Gasteiger partial charge in [0, 0.05) is 5.75 Å². The quantitative estimate of drug-likeness (QED) is 0.655. The number of thioether (sulfide) groups is 1. The summed E-state index contributed by atoms with van der Waals surface area (Å²) in [7, 11) is 0. The van der Waals surface area contributed by atoms with Crippen molar-refractivity contribution in [2.24, 2.45) is 0 Å². The summed E-state index contributed by atoms with van der Waals surface area (Å²) in [5, 5.41) is 0. The van der Waals surface area contributed by atoms with Gasteiger partial charge in [0.2, 0.25) is 0 Å². The summed E-state index contributed by atoms with van der Waals surface area (Å²) in [4.78, 5) is 11.2. The van der Waals surface area contributed by atoms with E-state index in [-0.39, 0.29) is 12.1 Å². The molecule has 0 aliphatic heterocycles. The Morgan fingerprint density at radius 2 is 2.08 bits per heavy atom. The number of ether oxygens (including phenoxy) is 1. The van der Waals surface area contributed by atoms with Gasteiger partial charge in [-0.25, -0.2) is 0 Å². The van der Waals surface area contributed by atoms with Crippen LogP contribution in [-0.4, -0.2) is 24.1 Å². The van der Waals surface area contributed by atoms with Crippen LogP contribution in [0.5, 0.6) is 0 Å². The first-order valence-corrected chi connectivity index (χ1v) is 6.40. The topological polar surface area (TPSA) is 26.3 Å². The monoisotopic (exact) mass is 202 g/mol. The van der Waals surface area contributed by atoms with Gasteiger partial charge in [0.05, 0.1) is 6.42 Å². The highest BCUT2D eigenvalue weighted by atomic mass is 32.2. The Balaban J connectivity index is 2.11. The third kappa shape index (κ3) is 4.55. The Kier molecular flexibility index (Phi) is 5.28. The molecule has 1 aliphatic rings. The minimum absolute atomic E-state index is 0.0127. The van der Waals surface area contributed by atoms with Crippen LogP contribution in [0.4, 0.5) is 0 Å². The van der Waals surface area contributed by atoms with Crippen LogP contribution in [0.25, 0.3) is 0 Å². The van der Waals surface area contributed by atoms with Crippen LogP contribution in [0.1, 0.15) is 38.5 Å². The molecule has 0 atom stereocenters. The minimum Gasteiger partial charge on any atom is -0.462 e. The van der Waals surface area contributed by atoms with E-state index in [0.717, 1.165) is 18.6 Å². The van der Waals surface area contributed by atoms with E-state index in [1.807, 2.05) is 6.26 Å². The van der Waals surface area contributed by atoms with E-state index in [4.69, 9.17) is 4.74 Å². The lowest BCUT2D eigenvalue weighted by molar-refractivity contribution is -0.149. The van der Waals surface area contributed by atoms with Crippen molar-refractivity contribution in [2.75, 3.05) is 12.0 Å². The summed E-state index contributed by atoms with van der Waals surface area (Å²) in [5.74, 6) is 0.868. The molecule has 0 aromatic carbocycles. The molecule has 3 heteroatoms. The zero-order valence-electron chi connectivity index (χ0n) is 8.25. The maximum absolute atomic E-state index is 11.2. The summed E-state index contributed by atoms with van der Waals surface area (Å²) in [5.41, 5.74) is 0. The van der Waals surface area contributed by atoms with Crippen molar-refractivity contribution < 1.29 is 9.53 Å². The summed E-state index contributed by atoms with van der Waals surface area (Å²) in [6.45, 7) is 0. The molecular formula is C10H18O2S. The molecule has 13 heavy (non-hydrogen) atoms. The molecule has 76 valence electrons. The zero-order valence-corrected chi connectivity index (χ0v) is 9.07. The molecule has 0 N–H and O–H groups in total. The molecule has 0 unspecified atom stereocenters. The van der Waals surface area contributed by atoms with Gasteiger partial charge in [0.1, 0.15) is 6.10 Å². The van der Waals surface area contributed by atoms with Crippen molar-refractivity contribution in [3.05, 3.63) is 0 Å². The third-order valence-electron chi connectivity index (χ3n) is 2.36. The molecule has 0 saturated heterocycles. The molecule has 1 aliphatic carbocycles. The Hall–Kier alpha value is -0.180. The van der Waals surface area contributed by atoms with Gasteiger partial charge in [-0.15, -0.1) is 0 Å². The smallest absolute Gasteiger partial charge is 0.306 e. The lowest BCUT2D eigenvalue weighted by atomic mass is 9.98. The highest BCUT2D eigenvalue weighted by molar-refractivity contribution is 7.98. The van der Waals surface area contributed by atoms with Crippen molar-refractivity contribution in [2.45, 2.75) is 44.6 Å². The molecule has 0 heterocycles. The Morgan fingerprint density at radius 1 is 1.38 bits per heavy atom. The van der Waals surface area contributed by atoms with Gasteiger partial charge in [-0.3, -0.25) is 4.79 Å². The Labute approximate surface area is 84.4 Å². The minimum atomic E-state index is -0.0127. The molecule has 0 aromatic rings. The van der Waals surface area contributed by atoms with E-state index in [2.05, 4.69) is 0 Å². The number of hydrogen-bond donors (Lipinski definition) is 0. The van der Waals surface area contributed by atoms with Crippen LogP contribution in [-0.2, 0) is 9.53 Å². The maximum atomic E-state index is 11.2. The van der Waals surface area contributed by atoms with Gasteiger partial charge in [0.15, 0.2) is 0 Å². The molecule has 0 radical (unpaired) electrons. The molecule has 1 fully saturated rings. The molecule has 0 spiro atoms. The largest absolute Gasteiger partial charge is 0.462 e. The van der Waals surface area contributed by atoms with E-state index < -0.39 is 0 Å². The zero-order chi connectivity index (χ0) is 9.52. The van der Waals surface area contributed by atoms with Crippen molar-refractivity contribution >= 4 is 17.7 Å². The first-order chi connectivity index (χ1) is 6.33. The first kappa shape index (κ1) is 10.9. The highest BCUT2D eigenvalue weighted by Gasteiger charge is 2.16. The van der Waals surface area contributed by atoms with Crippen molar-refractivity contribution in [3.63, 3.8) is 0 Å². The van der Waals surface area contributed by atoms with Crippen LogP contribution in [0.3, 0.4) is 0 Å². The van der Waals surface area contributed by atoms with Gasteiger partial charge in [-0.1, -0.05) is 6.42 Å². The molecule has 0 bridgehead atoms. The first-order valence-electron chi connectivity index (χ1n) is 5.01. The van der Waals surface area contributed by atoms with E-state index in [1.165, 1.54) is 19.3 Å². The second-order valence-corrected chi connectivity index (χ2v) is 4.48. The molecule has 0 aromatic heterocycles. The number of rotatable bonds is 4. The molecular weight excluding hydrogens is 184 g/mol. The van der Waals surface area contributed by atoms with Gasteiger partial charge in [0.25, 0.3) is 0 Å². The standard InChI is InChI=1S/C10H18O2S/c1-13-8-7-10(11)12-9-5-3-2-4-6-9/h9H,2-8H2,1H3. The predicted molar refractivity (Wildman–Crippen MR) is 56.0 cm³/mol. The Bertz CT molecular complexity index is 153. The van der Waals surface area contributed by atoms with Gasteiger partial charge in [-0.2, -0.15) is 11.8 Å². The van der Waals surface area contributed by atoms with Crippen LogP contribution in [0, 0.1) is 0 Å². The average molecular weight is 202 g/mol. The second-order valence-electron chi connectivity index (χ2n) is 3.49. The maximum Gasteiger partial charge on any atom is 0.306 e. The molecule has 1 saturated carbocycles.